The highest BCUT2D eigenvalue weighted by Crippen LogP contribution is 2.24. The summed E-state index contributed by atoms with van der Waals surface area (Å²) in [4.78, 5) is 2.19. The zero-order chi connectivity index (χ0) is 16.3. The van der Waals surface area contributed by atoms with E-state index in [0.29, 0.717) is 17.4 Å². The number of nitrogens with one attached hydrogen (secondary N) is 1. The summed E-state index contributed by atoms with van der Waals surface area (Å²) >= 11 is 1.21. The lowest BCUT2D eigenvalue weighted by molar-refractivity contribution is 0.0127. The van der Waals surface area contributed by atoms with Crippen LogP contribution in [0.25, 0.3) is 0 Å². The van der Waals surface area contributed by atoms with Gasteiger partial charge >= 0.3 is 0 Å². The van der Waals surface area contributed by atoms with Crippen molar-refractivity contribution >= 4 is 21.4 Å². The molecule has 2 aromatic heterocycles. The summed E-state index contributed by atoms with van der Waals surface area (Å²) in [6, 6.07) is 7.01. The molecule has 0 spiro atoms. The van der Waals surface area contributed by atoms with Gasteiger partial charge in [-0.05, 0) is 30.5 Å². The molecule has 23 heavy (non-hydrogen) atoms. The maximum absolute atomic E-state index is 12.3. The van der Waals surface area contributed by atoms with Crippen LogP contribution in [-0.4, -0.2) is 46.2 Å². The van der Waals surface area contributed by atoms with Crippen LogP contribution < -0.4 is 4.72 Å². The van der Waals surface area contributed by atoms with E-state index in [9.17, 15) is 8.42 Å². The molecule has 1 aliphatic rings. The number of thiophene rings is 1. The first kappa shape index (κ1) is 16.7. The Morgan fingerprint density at radius 3 is 2.70 bits per heavy atom. The van der Waals surface area contributed by atoms with Gasteiger partial charge in [-0.25, -0.2) is 13.1 Å². The molecule has 8 heteroatoms. The number of ether oxygens (including phenoxy) is 1. The topological polar surface area (TPSA) is 71.8 Å². The molecule has 1 fully saturated rings. The third-order valence-electron chi connectivity index (χ3n) is 3.80. The van der Waals surface area contributed by atoms with Gasteiger partial charge in [-0.2, -0.15) is 0 Å². The zero-order valence-electron chi connectivity index (χ0n) is 12.9. The molecular weight excluding hydrogens is 336 g/mol. The standard InChI is InChI=1S/C15H20N2O4S2/c1-12-4-5-14(21-12)13(17-6-8-20-9-7-17)11-16-23(18,19)15-3-2-10-22-15/h2-5,10,13,16H,6-9,11H2,1H3. The van der Waals surface area contributed by atoms with Gasteiger partial charge in [0.1, 0.15) is 15.7 Å². The van der Waals surface area contributed by atoms with Crippen molar-refractivity contribution in [2.75, 3.05) is 32.8 Å². The number of hydrogen-bond acceptors (Lipinski definition) is 6. The van der Waals surface area contributed by atoms with E-state index < -0.39 is 10.0 Å². The fraction of sp³-hybridized carbons (Fsp3) is 0.467. The van der Waals surface area contributed by atoms with E-state index in [-0.39, 0.29) is 12.6 Å². The molecule has 2 aromatic rings. The van der Waals surface area contributed by atoms with Gasteiger partial charge in [-0.15, -0.1) is 11.3 Å². The van der Waals surface area contributed by atoms with Crippen LogP contribution in [0.5, 0.6) is 0 Å². The monoisotopic (exact) mass is 356 g/mol. The van der Waals surface area contributed by atoms with Crippen LogP contribution in [0.3, 0.4) is 0 Å². The molecule has 0 bridgehead atoms. The highest BCUT2D eigenvalue weighted by Gasteiger charge is 2.27. The average Bonchev–Trinajstić information content (AvgIpc) is 3.21. The van der Waals surface area contributed by atoms with Gasteiger partial charge in [0.15, 0.2) is 0 Å². The molecule has 1 unspecified atom stereocenters. The molecule has 0 amide bonds. The molecule has 1 atom stereocenters. The van der Waals surface area contributed by atoms with Gasteiger partial charge in [0, 0.05) is 19.6 Å². The predicted molar refractivity (Wildman–Crippen MR) is 88.1 cm³/mol. The number of rotatable bonds is 6. The van der Waals surface area contributed by atoms with E-state index in [1.54, 1.807) is 17.5 Å². The van der Waals surface area contributed by atoms with Gasteiger partial charge in [0.05, 0.1) is 19.3 Å². The molecule has 126 valence electrons. The predicted octanol–water partition coefficient (Wildman–Crippen LogP) is 2.00. The van der Waals surface area contributed by atoms with Gasteiger partial charge < -0.3 is 9.15 Å². The first-order chi connectivity index (χ1) is 11.1. The smallest absolute Gasteiger partial charge is 0.250 e. The number of morpholine rings is 1. The zero-order valence-corrected chi connectivity index (χ0v) is 14.5. The molecule has 1 N–H and O–H groups in total. The van der Waals surface area contributed by atoms with Crippen molar-refractivity contribution in [2.24, 2.45) is 0 Å². The Kier molecular flexibility index (Phi) is 5.17. The maximum atomic E-state index is 12.3. The second-order valence-electron chi connectivity index (χ2n) is 5.40. The quantitative estimate of drug-likeness (QED) is 0.857. The number of sulfonamides is 1. The Morgan fingerprint density at radius 1 is 1.30 bits per heavy atom. The Balaban J connectivity index is 1.76. The average molecular weight is 356 g/mol. The first-order valence-corrected chi connectivity index (χ1v) is 9.84. The van der Waals surface area contributed by atoms with Crippen molar-refractivity contribution in [1.82, 2.24) is 9.62 Å². The van der Waals surface area contributed by atoms with Gasteiger partial charge in [-0.3, -0.25) is 4.90 Å². The summed E-state index contributed by atoms with van der Waals surface area (Å²) in [6.45, 7) is 4.96. The molecule has 0 aliphatic carbocycles. The van der Waals surface area contributed by atoms with Crippen molar-refractivity contribution in [1.29, 1.82) is 0 Å². The molecule has 3 rings (SSSR count). The molecule has 3 heterocycles. The van der Waals surface area contributed by atoms with Gasteiger partial charge in [0.2, 0.25) is 10.0 Å². The lowest BCUT2D eigenvalue weighted by Gasteiger charge is -2.33. The van der Waals surface area contributed by atoms with E-state index in [0.717, 1.165) is 24.6 Å². The number of nitrogens with zero attached hydrogens (tertiary/aromatic N) is 1. The van der Waals surface area contributed by atoms with Crippen LogP contribution in [0.4, 0.5) is 0 Å². The highest BCUT2D eigenvalue weighted by atomic mass is 32.2. The van der Waals surface area contributed by atoms with E-state index in [2.05, 4.69) is 9.62 Å². The molecule has 0 saturated carbocycles. The summed E-state index contributed by atoms with van der Waals surface area (Å²) in [5.74, 6) is 1.60. The fourth-order valence-electron chi connectivity index (χ4n) is 2.61. The minimum Gasteiger partial charge on any atom is -0.465 e. The van der Waals surface area contributed by atoms with Crippen molar-refractivity contribution in [3.63, 3.8) is 0 Å². The third-order valence-corrected chi connectivity index (χ3v) is 6.62. The lowest BCUT2D eigenvalue weighted by atomic mass is 10.2. The second kappa shape index (κ2) is 7.14. The second-order valence-corrected chi connectivity index (χ2v) is 8.34. The van der Waals surface area contributed by atoms with E-state index in [4.69, 9.17) is 9.15 Å². The minimum atomic E-state index is -3.48. The largest absolute Gasteiger partial charge is 0.465 e. The highest BCUT2D eigenvalue weighted by molar-refractivity contribution is 7.91. The number of furan rings is 1. The van der Waals surface area contributed by atoms with E-state index in [1.807, 2.05) is 19.1 Å². The normalized spacial score (nSPS) is 18.1. The van der Waals surface area contributed by atoms with Crippen LogP contribution in [0.1, 0.15) is 17.6 Å². The molecule has 0 radical (unpaired) electrons. The summed E-state index contributed by atoms with van der Waals surface area (Å²) in [5, 5.41) is 1.75. The third kappa shape index (κ3) is 4.02. The Morgan fingerprint density at radius 2 is 2.09 bits per heavy atom. The van der Waals surface area contributed by atoms with Crippen LogP contribution in [0.15, 0.2) is 38.3 Å². The number of hydrogen-bond donors (Lipinski definition) is 1. The van der Waals surface area contributed by atoms with Gasteiger partial charge in [-0.1, -0.05) is 6.07 Å². The first-order valence-electron chi connectivity index (χ1n) is 7.47. The number of aryl methyl sites for hydroxylation is 1. The maximum Gasteiger partial charge on any atom is 0.250 e. The van der Waals surface area contributed by atoms with Crippen LogP contribution in [-0.2, 0) is 14.8 Å². The summed E-state index contributed by atoms with van der Waals surface area (Å²) in [6.07, 6.45) is 0. The molecule has 1 saturated heterocycles. The van der Waals surface area contributed by atoms with E-state index in [1.165, 1.54) is 11.3 Å². The fourth-order valence-corrected chi connectivity index (χ4v) is 4.68. The van der Waals surface area contributed by atoms with Crippen molar-refractivity contribution < 1.29 is 17.6 Å². The Hall–Kier alpha value is -1.19. The van der Waals surface area contributed by atoms with Crippen molar-refractivity contribution in [3.8, 4) is 0 Å². The van der Waals surface area contributed by atoms with Crippen LogP contribution >= 0.6 is 11.3 Å². The molecule has 1 aliphatic heterocycles. The van der Waals surface area contributed by atoms with E-state index >= 15 is 0 Å². The van der Waals surface area contributed by atoms with Crippen LogP contribution in [0, 0.1) is 6.92 Å². The van der Waals surface area contributed by atoms with Gasteiger partial charge in [0.25, 0.3) is 0 Å². The molecule has 6 nitrogen and oxygen atoms in total. The van der Waals surface area contributed by atoms with Crippen molar-refractivity contribution in [2.45, 2.75) is 17.2 Å². The molecular formula is C15H20N2O4S2. The summed E-state index contributed by atoms with van der Waals surface area (Å²) < 4.78 is 38.8. The summed E-state index contributed by atoms with van der Waals surface area (Å²) in [7, 11) is -3.48. The Labute approximate surface area is 140 Å². The SMILES string of the molecule is Cc1ccc(C(CNS(=O)(=O)c2cccs2)N2CCOCC2)o1. The Bertz CT molecular complexity index is 719. The minimum absolute atomic E-state index is 0.137. The van der Waals surface area contributed by atoms with Crippen molar-refractivity contribution in [3.05, 3.63) is 41.2 Å². The summed E-state index contributed by atoms with van der Waals surface area (Å²) in [5.41, 5.74) is 0. The lowest BCUT2D eigenvalue weighted by Crippen LogP contribution is -2.43. The van der Waals surface area contributed by atoms with Crippen LogP contribution in [0.2, 0.25) is 0 Å². The molecule has 0 aromatic carbocycles.